The molecule has 0 aliphatic heterocycles. The van der Waals surface area contributed by atoms with Gasteiger partial charge in [-0.1, -0.05) is 18.2 Å². The van der Waals surface area contributed by atoms with Gasteiger partial charge in [-0.05, 0) is 35.4 Å². The SMILES string of the molecule is N#Cc1cc(C(F)(F)F)ccc1OCc1cccc(-c2cnc[nH]2)c1. The predicted molar refractivity (Wildman–Crippen MR) is 84.5 cm³/mol. The second kappa shape index (κ2) is 6.69. The molecule has 0 atom stereocenters. The summed E-state index contributed by atoms with van der Waals surface area (Å²) in [4.78, 5) is 6.95. The Hall–Kier alpha value is -3.27. The molecule has 0 aliphatic rings. The van der Waals surface area contributed by atoms with Crippen molar-refractivity contribution in [3.8, 4) is 23.1 Å². The Morgan fingerprint density at radius 3 is 2.68 bits per heavy atom. The van der Waals surface area contributed by atoms with Crippen molar-refractivity contribution in [3.05, 3.63) is 71.7 Å². The van der Waals surface area contributed by atoms with Crippen LogP contribution in [0.15, 0.2) is 55.0 Å². The Labute approximate surface area is 141 Å². The first-order valence-electron chi connectivity index (χ1n) is 7.29. The number of hydrogen-bond acceptors (Lipinski definition) is 3. The molecule has 25 heavy (non-hydrogen) atoms. The van der Waals surface area contributed by atoms with Crippen LogP contribution in [0, 0.1) is 11.3 Å². The number of aromatic nitrogens is 2. The molecule has 3 rings (SSSR count). The molecule has 2 aromatic carbocycles. The van der Waals surface area contributed by atoms with E-state index in [4.69, 9.17) is 10.00 Å². The normalized spacial score (nSPS) is 11.1. The van der Waals surface area contributed by atoms with Gasteiger partial charge >= 0.3 is 6.18 Å². The lowest BCUT2D eigenvalue weighted by Crippen LogP contribution is -2.06. The number of H-pyrrole nitrogens is 1. The number of hydrogen-bond donors (Lipinski definition) is 1. The Kier molecular flexibility index (Phi) is 4.44. The highest BCUT2D eigenvalue weighted by atomic mass is 19.4. The van der Waals surface area contributed by atoms with Crippen molar-refractivity contribution >= 4 is 0 Å². The van der Waals surface area contributed by atoms with Gasteiger partial charge in [-0.25, -0.2) is 4.98 Å². The van der Waals surface area contributed by atoms with Gasteiger partial charge in [0.05, 0.1) is 29.3 Å². The van der Waals surface area contributed by atoms with E-state index >= 15 is 0 Å². The van der Waals surface area contributed by atoms with Crippen LogP contribution in [0.2, 0.25) is 0 Å². The number of benzene rings is 2. The number of aromatic amines is 1. The second-order valence-corrected chi connectivity index (χ2v) is 5.27. The Morgan fingerprint density at radius 1 is 1.16 bits per heavy atom. The summed E-state index contributed by atoms with van der Waals surface area (Å²) in [5.41, 5.74) is 1.54. The molecular weight excluding hydrogens is 331 g/mol. The third kappa shape index (κ3) is 3.80. The van der Waals surface area contributed by atoms with Crippen molar-refractivity contribution in [1.29, 1.82) is 5.26 Å². The van der Waals surface area contributed by atoms with Gasteiger partial charge in [0.2, 0.25) is 0 Å². The maximum absolute atomic E-state index is 12.7. The minimum atomic E-state index is -4.50. The number of nitrogens with one attached hydrogen (secondary N) is 1. The number of halogens is 3. The zero-order valence-electron chi connectivity index (χ0n) is 12.8. The molecule has 1 heterocycles. The number of rotatable bonds is 4. The summed E-state index contributed by atoms with van der Waals surface area (Å²) in [6, 6.07) is 12.0. The Balaban J connectivity index is 1.78. The van der Waals surface area contributed by atoms with E-state index in [1.54, 1.807) is 18.6 Å². The van der Waals surface area contributed by atoms with Crippen molar-refractivity contribution in [2.24, 2.45) is 0 Å². The predicted octanol–water partition coefficient (Wildman–Crippen LogP) is 4.55. The Morgan fingerprint density at radius 2 is 2.00 bits per heavy atom. The van der Waals surface area contributed by atoms with Gasteiger partial charge in [-0.3, -0.25) is 0 Å². The summed E-state index contributed by atoms with van der Waals surface area (Å²) < 4.78 is 43.7. The van der Waals surface area contributed by atoms with Crippen LogP contribution in [0.25, 0.3) is 11.3 Å². The molecule has 126 valence electrons. The van der Waals surface area contributed by atoms with E-state index in [2.05, 4.69) is 9.97 Å². The van der Waals surface area contributed by atoms with Crippen LogP contribution in [0.5, 0.6) is 5.75 Å². The number of nitriles is 1. The monoisotopic (exact) mass is 343 g/mol. The quantitative estimate of drug-likeness (QED) is 0.756. The standard InChI is InChI=1S/C18H12F3N3O/c19-18(20,21)15-4-5-17(14(7-15)8-22)25-10-12-2-1-3-13(6-12)16-9-23-11-24-16/h1-7,9,11H,10H2,(H,23,24). The smallest absolute Gasteiger partial charge is 0.416 e. The maximum Gasteiger partial charge on any atom is 0.416 e. The lowest BCUT2D eigenvalue weighted by molar-refractivity contribution is -0.137. The molecular formula is C18H12F3N3O. The van der Waals surface area contributed by atoms with Crippen LogP contribution < -0.4 is 4.74 Å². The minimum absolute atomic E-state index is 0.113. The molecule has 0 unspecified atom stereocenters. The molecule has 0 saturated heterocycles. The highest BCUT2D eigenvalue weighted by Crippen LogP contribution is 2.32. The summed E-state index contributed by atoms with van der Waals surface area (Å²) >= 11 is 0. The fourth-order valence-electron chi connectivity index (χ4n) is 2.32. The van der Waals surface area contributed by atoms with Crippen molar-refractivity contribution in [2.45, 2.75) is 12.8 Å². The molecule has 0 fully saturated rings. The topological polar surface area (TPSA) is 61.7 Å². The fourth-order valence-corrected chi connectivity index (χ4v) is 2.32. The molecule has 1 aromatic heterocycles. The first kappa shape index (κ1) is 16.6. The van der Waals surface area contributed by atoms with Crippen LogP contribution >= 0.6 is 0 Å². The van der Waals surface area contributed by atoms with Crippen LogP contribution in [0.1, 0.15) is 16.7 Å². The first-order chi connectivity index (χ1) is 12.0. The van der Waals surface area contributed by atoms with Gasteiger partial charge < -0.3 is 9.72 Å². The number of alkyl halides is 3. The van der Waals surface area contributed by atoms with E-state index in [1.807, 2.05) is 24.3 Å². The van der Waals surface area contributed by atoms with Gasteiger partial charge in [0.15, 0.2) is 0 Å². The van der Waals surface area contributed by atoms with Crippen molar-refractivity contribution in [1.82, 2.24) is 9.97 Å². The van der Waals surface area contributed by atoms with Gasteiger partial charge in [0.25, 0.3) is 0 Å². The third-order valence-electron chi connectivity index (χ3n) is 3.56. The summed E-state index contributed by atoms with van der Waals surface area (Å²) in [5, 5.41) is 9.07. The number of imidazole rings is 1. The molecule has 0 radical (unpaired) electrons. The zero-order chi connectivity index (χ0) is 17.9. The average molecular weight is 343 g/mol. The summed E-state index contributed by atoms with van der Waals surface area (Å²) in [6.45, 7) is 0.127. The van der Waals surface area contributed by atoms with E-state index in [1.165, 1.54) is 6.07 Å². The van der Waals surface area contributed by atoms with Crippen molar-refractivity contribution in [3.63, 3.8) is 0 Å². The largest absolute Gasteiger partial charge is 0.488 e. The van der Waals surface area contributed by atoms with Crippen LogP contribution in [-0.2, 0) is 12.8 Å². The van der Waals surface area contributed by atoms with Crippen molar-refractivity contribution in [2.75, 3.05) is 0 Å². The van der Waals surface area contributed by atoms with E-state index in [0.717, 1.165) is 29.0 Å². The third-order valence-corrected chi connectivity index (χ3v) is 3.56. The molecule has 0 amide bonds. The molecule has 3 aromatic rings. The molecule has 0 aliphatic carbocycles. The zero-order valence-corrected chi connectivity index (χ0v) is 12.8. The van der Waals surface area contributed by atoms with Gasteiger partial charge in [-0.15, -0.1) is 0 Å². The van der Waals surface area contributed by atoms with E-state index in [9.17, 15) is 13.2 Å². The number of ether oxygens (including phenoxy) is 1. The van der Waals surface area contributed by atoms with Gasteiger partial charge in [0.1, 0.15) is 18.4 Å². The Bertz CT molecular complexity index is 912. The minimum Gasteiger partial charge on any atom is -0.488 e. The number of nitrogens with zero attached hydrogens (tertiary/aromatic N) is 2. The summed E-state index contributed by atoms with van der Waals surface area (Å²) in [6.07, 6.45) is -1.24. The van der Waals surface area contributed by atoms with E-state index < -0.39 is 11.7 Å². The molecule has 0 saturated carbocycles. The van der Waals surface area contributed by atoms with Crippen LogP contribution in [0.4, 0.5) is 13.2 Å². The molecule has 4 nitrogen and oxygen atoms in total. The molecule has 1 N–H and O–H groups in total. The van der Waals surface area contributed by atoms with Gasteiger partial charge in [0, 0.05) is 0 Å². The first-order valence-corrected chi connectivity index (χ1v) is 7.29. The van der Waals surface area contributed by atoms with Crippen molar-refractivity contribution < 1.29 is 17.9 Å². The lowest BCUT2D eigenvalue weighted by atomic mass is 10.1. The van der Waals surface area contributed by atoms with Crippen LogP contribution in [-0.4, -0.2) is 9.97 Å². The molecule has 0 bridgehead atoms. The lowest BCUT2D eigenvalue weighted by Gasteiger charge is -2.11. The van der Waals surface area contributed by atoms with E-state index in [-0.39, 0.29) is 17.9 Å². The summed E-state index contributed by atoms with van der Waals surface area (Å²) in [7, 11) is 0. The second-order valence-electron chi connectivity index (χ2n) is 5.27. The fraction of sp³-hybridized carbons (Fsp3) is 0.111. The highest BCUT2D eigenvalue weighted by Gasteiger charge is 2.31. The van der Waals surface area contributed by atoms with Crippen LogP contribution in [0.3, 0.4) is 0 Å². The average Bonchev–Trinajstić information content (AvgIpc) is 3.14. The summed E-state index contributed by atoms with van der Waals surface area (Å²) in [5.74, 6) is 0.113. The molecule has 0 spiro atoms. The van der Waals surface area contributed by atoms with Gasteiger partial charge in [-0.2, -0.15) is 18.4 Å². The molecule has 7 heteroatoms. The maximum atomic E-state index is 12.7. The highest BCUT2D eigenvalue weighted by molar-refractivity contribution is 5.59. The van der Waals surface area contributed by atoms with E-state index in [0.29, 0.717) is 0 Å².